The second kappa shape index (κ2) is 6.65. The Morgan fingerprint density at radius 3 is 2.40 bits per heavy atom. The maximum atomic E-state index is 13.0. The Balaban J connectivity index is 2.29. The van der Waals surface area contributed by atoms with E-state index in [9.17, 15) is 9.18 Å². The van der Waals surface area contributed by atoms with E-state index >= 15 is 0 Å². The SMILES string of the molecule is CCOC(=O)NC(c1ccncc1)c1ccc(F)cc1. The first-order valence-electron chi connectivity index (χ1n) is 6.29. The van der Waals surface area contributed by atoms with Crippen LogP contribution in [0.25, 0.3) is 0 Å². The molecule has 1 aromatic heterocycles. The van der Waals surface area contributed by atoms with E-state index in [2.05, 4.69) is 10.3 Å². The molecule has 1 atom stereocenters. The van der Waals surface area contributed by atoms with E-state index < -0.39 is 12.1 Å². The molecule has 1 heterocycles. The molecular formula is C15H15FN2O2. The number of ether oxygens (including phenoxy) is 1. The largest absolute Gasteiger partial charge is 0.450 e. The predicted octanol–water partition coefficient (Wildman–Crippen LogP) is 3.06. The van der Waals surface area contributed by atoms with Crippen molar-refractivity contribution in [1.82, 2.24) is 10.3 Å². The Bertz CT molecular complexity index is 558. The molecule has 1 amide bonds. The lowest BCUT2D eigenvalue weighted by Crippen LogP contribution is -2.29. The van der Waals surface area contributed by atoms with Crippen LogP contribution in [0.15, 0.2) is 48.8 Å². The lowest BCUT2D eigenvalue weighted by molar-refractivity contribution is 0.149. The molecular weight excluding hydrogens is 259 g/mol. The lowest BCUT2D eigenvalue weighted by Gasteiger charge is -2.19. The summed E-state index contributed by atoms with van der Waals surface area (Å²) < 4.78 is 17.9. The quantitative estimate of drug-likeness (QED) is 0.932. The van der Waals surface area contributed by atoms with Gasteiger partial charge in [0, 0.05) is 12.4 Å². The number of hydrogen-bond acceptors (Lipinski definition) is 3. The molecule has 2 aromatic rings. The van der Waals surface area contributed by atoms with Crippen LogP contribution in [0, 0.1) is 5.82 Å². The summed E-state index contributed by atoms with van der Waals surface area (Å²) in [6.45, 7) is 2.03. The summed E-state index contributed by atoms with van der Waals surface area (Å²) in [6.07, 6.45) is 2.76. The molecule has 2 rings (SSSR count). The number of nitrogens with zero attached hydrogens (tertiary/aromatic N) is 1. The first-order chi connectivity index (χ1) is 9.70. The van der Waals surface area contributed by atoms with Crippen LogP contribution in [0.3, 0.4) is 0 Å². The molecule has 104 valence electrons. The fourth-order valence-electron chi connectivity index (χ4n) is 1.86. The number of carbonyl (C=O) groups excluding carboxylic acids is 1. The van der Waals surface area contributed by atoms with Crippen molar-refractivity contribution in [3.05, 3.63) is 65.7 Å². The number of carbonyl (C=O) groups is 1. The van der Waals surface area contributed by atoms with Gasteiger partial charge in [0.2, 0.25) is 0 Å². The van der Waals surface area contributed by atoms with Crippen LogP contribution in [-0.4, -0.2) is 17.7 Å². The third-order valence-corrected chi connectivity index (χ3v) is 2.78. The summed E-state index contributed by atoms with van der Waals surface area (Å²) in [5.74, 6) is -0.321. The molecule has 20 heavy (non-hydrogen) atoms. The van der Waals surface area contributed by atoms with E-state index in [1.54, 1.807) is 43.6 Å². The van der Waals surface area contributed by atoms with Gasteiger partial charge in [-0.3, -0.25) is 4.98 Å². The molecule has 0 aliphatic rings. The van der Waals surface area contributed by atoms with Gasteiger partial charge in [-0.15, -0.1) is 0 Å². The highest BCUT2D eigenvalue weighted by atomic mass is 19.1. The van der Waals surface area contributed by atoms with Gasteiger partial charge in [-0.2, -0.15) is 0 Å². The van der Waals surface area contributed by atoms with E-state index in [0.717, 1.165) is 11.1 Å². The Morgan fingerprint density at radius 2 is 1.80 bits per heavy atom. The van der Waals surface area contributed by atoms with Crippen LogP contribution in [0.4, 0.5) is 9.18 Å². The summed E-state index contributed by atoms with van der Waals surface area (Å²) in [7, 11) is 0. The highest BCUT2D eigenvalue weighted by Gasteiger charge is 2.17. The fraction of sp³-hybridized carbons (Fsp3) is 0.200. The molecule has 0 saturated heterocycles. The number of alkyl carbamates (subject to hydrolysis) is 1. The Hall–Kier alpha value is -2.43. The highest BCUT2D eigenvalue weighted by Crippen LogP contribution is 2.22. The third-order valence-electron chi connectivity index (χ3n) is 2.78. The van der Waals surface area contributed by atoms with Crippen LogP contribution >= 0.6 is 0 Å². The van der Waals surface area contributed by atoms with Crippen molar-refractivity contribution in [2.75, 3.05) is 6.61 Å². The average Bonchev–Trinajstić information content (AvgIpc) is 2.47. The number of aromatic nitrogens is 1. The molecule has 0 spiro atoms. The van der Waals surface area contributed by atoms with Gasteiger partial charge >= 0.3 is 6.09 Å². The number of amides is 1. The van der Waals surface area contributed by atoms with Crippen molar-refractivity contribution in [3.63, 3.8) is 0 Å². The number of benzene rings is 1. The van der Waals surface area contributed by atoms with Crippen LogP contribution in [0.1, 0.15) is 24.1 Å². The molecule has 0 saturated carbocycles. The Kier molecular flexibility index (Phi) is 4.65. The maximum Gasteiger partial charge on any atom is 0.407 e. The number of hydrogen-bond donors (Lipinski definition) is 1. The second-order valence-corrected chi connectivity index (χ2v) is 4.13. The van der Waals surface area contributed by atoms with Crippen molar-refractivity contribution in [3.8, 4) is 0 Å². The summed E-state index contributed by atoms with van der Waals surface area (Å²) in [6, 6.07) is 9.16. The molecule has 4 nitrogen and oxygen atoms in total. The van der Waals surface area contributed by atoms with Crippen molar-refractivity contribution in [2.45, 2.75) is 13.0 Å². The normalized spacial score (nSPS) is 11.7. The van der Waals surface area contributed by atoms with Crippen molar-refractivity contribution >= 4 is 6.09 Å². The van der Waals surface area contributed by atoms with E-state index in [4.69, 9.17) is 4.74 Å². The van der Waals surface area contributed by atoms with Crippen LogP contribution in [-0.2, 0) is 4.74 Å². The highest BCUT2D eigenvalue weighted by molar-refractivity contribution is 5.68. The summed E-state index contributed by atoms with van der Waals surface area (Å²) in [5.41, 5.74) is 1.62. The van der Waals surface area contributed by atoms with Crippen LogP contribution in [0.2, 0.25) is 0 Å². The van der Waals surface area contributed by atoms with Gasteiger partial charge in [-0.25, -0.2) is 9.18 Å². The van der Waals surface area contributed by atoms with Crippen LogP contribution < -0.4 is 5.32 Å². The predicted molar refractivity (Wildman–Crippen MR) is 72.6 cm³/mol. The van der Waals surface area contributed by atoms with E-state index in [1.807, 2.05) is 0 Å². The molecule has 5 heteroatoms. The zero-order valence-electron chi connectivity index (χ0n) is 11.0. The van der Waals surface area contributed by atoms with Gasteiger partial charge in [-0.05, 0) is 42.3 Å². The summed E-state index contributed by atoms with van der Waals surface area (Å²) in [4.78, 5) is 15.6. The zero-order chi connectivity index (χ0) is 14.4. The topological polar surface area (TPSA) is 51.2 Å². The van der Waals surface area contributed by atoms with Gasteiger partial charge < -0.3 is 10.1 Å². The van der Waals surface area contributed by atoms with Crippen molar-refractivity contribution in [1.29, 1.82) is 0 Å². The molecule has 1 unspecified atom stereocenters. The van der Waals surface area contributed by atoms with Crippen molar-refractivity contribution < 1.29 is 13.9 Å². The minimum absolute atomic E-state index is 0.290. The second-order valence-electron chi connectivity index (χ2n) is 4.13. The minimum Gasteiger partial charge on any atom is -0.450 e. The first kappa shape index (κ1) is 14.0. The van der Waals surface area contributed by atoms with E-state index in [0.29, 0.717) is 0 Å². The fourth-order valence-corrected chi connectivity index (χ4v) is 1.86. The number of halogens is 1. The lowest BCUT2D eigenvalue weighted by atomic mass is 10.00. The number of nitrogens with one attached hydrogen (secondary N) is 1. The maximum absolute atomic E-state index is 13.0. The molecule has 0 aliphatic heterocycles. The van der Waals surface area contributed by atoms with Crippen LogP contribution in [0.5, 0.6) is 0 Å². The molecule has 1 aromatic carbocycles. The zero-order valence-corrected chi connectivity index (χ0v) is 11.0. The van der Waals surface area contributed by atoms with Crippen molar-refractivity contribution in [2.24, 2.45) is 0 Å². The summed E-state index contributed by atoms with van der Waals surface area (Å²) in [5, 5.41) is 2.76. The van der Waals surface area contributed by atoms with Gasteiger partial charge in [-0.1, -0.05) is 12.1 Å². The molecule has 0 aliphatic carbocycles. The standard InChI is InChI=1S/C15H15FN2O2/c1-2-20-15(19)18-14(12-7-9-17-10-8-12)11-3-5-13(16)6-4-11/h3-10,14H,2H2,1H3,(H,18,19). The van der Waals surface area contributed by atoms with Gasteiger partial charge in [0.1, 0.15) is 5.82 Å². The van der Waals surface area contributed by atoms with E-state index in [-0.39, 0.29) is 12.4 Å². The monoisotopic (exact) mass is 274 g/mol. The minimum atomic E-state index is -0.515. The van der Waals surface area contributed by atoms with Gasteiger partial charge in [0.25, 0.3) is 0 Å². The number of pyridine rings is 1. The van der Waals surface area contributed by atoms with E-state index in [1.165, 1.54) is 12.1 Å². The first-order valence-corrected chi connectivity index (χ1v) is 6.29. The third kappa shape index (κ3) is 3.54. The van der Waals surface area contributed by atoms with Gasteiger partial charge in [0.05, 0.1) is 12.6 Å². The molecule has 0 radical (unpaired) electrons. The average molecular weight is 274 g/mol. The Labute approximate surface area is 116 Å². The molecule has 0 fully saturated rings. The molecule has 0 bridgehead atoms. The smallest absolute Gasteiger partial charge is 0.407 e. The van der Waals surface area contributed by atoms with Gasteiger partial charge in [0.15, 0.2) is 0 Å². The Morgan fingerprint density at radius 1 is 1.20 bits per heavy atom. The molecule has 1 N–H and O–H groups in total. The number of rotatable bonds is 4. The summed E-state index contributed by atoms with van der Waals surface area (Å²) >= 11 is 0.